The van der Waals surface area contributed by atoms with Gasteiger partial charge in [0.2, 0.25) is 0 Å². The molecule has 1 aromatic heterocycles. The summed E-state index contributed by atoms with van der Waals surface area (Å²) < 4.78 is 6.45. The van der Waals surface area contributed by atoms with Crippen LogP contribution in [0.15, 0.2) is 30.5 Å². The summed E-state index contributed by atoms with van der Waals surface area (Å²) >= 11 is 0. The number of benzene rings is 1. The highest BCUT2D eigenvalue weighted by Crippen LogP contribution is 2.20. The number of aromatic hydroxyl groups is 1. The molecule has 2 rings (SSSR count). The van der Waals surface area contributed by atoms with Gasteiger partial charge in [0.05, 0.1) is 31.5 Å². The highest BCUT2D eigenvalue weighted by molar-refractivity contribution is 5.85. The molecule has 0 aliphatic rings. The number of esters is 1. The lowest BCUT2D eigenvalue weighted by molar-refractivity contribution is -0.141. The van der Waals surface area contributed by atoms with Gasteiger partial charge in [-0.15, -0.1) is 17.5 Å². The van der Waals surface area contributed by atoms with E-state index < -0.39 is 0 Å². The molecule has 8 heteroatoms. The minimum Gasteiger partial charge on any atom is -0.508 e. The van der Waals surface area contributed by atoms with E-state index in [1.54, 1.807) is 16.8 Å². The summed E-state index contributed by atoms with van der Waals surface area (Å²) in [5, 5.41) is 20.5. The molecule has 0 aliphatic carbocycles. The number of methoxy groups -OCH3 is 1. The van der Waals surface area contributed by atoms with Gasteiger partial charge in [-0.1, -0.05) is 17.3 Å². The van der Waals surface area contributed by atoms with Gasteiger partial charge >= 0.3 is 5.97 Å². The van der Waals surface area contributed by atoms with E-state index in [-0.39, 0.29) is 36.6 Å². The Balaban J connectivity index is 0.00000264. The molecule has 2 aromatic rings. The van der Waals surface area contributed by atoms with Gasteiger partial charge in [0, 0.05) is 6.54 Å². The number of phenols is 1. The van der Waals surface area contributed by atoms with E-state index in [9.17, 15) is 9.90 Å². The summed E-state index contributed by atoms with van der Waals surface area (Å²) in [6, 6.07) is 6.71. The van der Waals surface area contributed by atoms with Crippen molar-refractivity contribution in [1.82, 2.24) is 20.3 Å². The Morgan fingerprint density at radius 1 is 1.39 bits per heavy atom. The Morgan fingerprint density at radius 2 is 2.09 bits per heavy atom. The number of halogens is 1. The average Bonchev–Trinajstić information content (AvgIpc) is 2.97. The maximum atomic E-state index is 11.6. The van der Waals surface area contributed by atoms with Crippen LogP contribution in [0.1, 0.15) is 23.7 Å². The van der Waals surface area contributed by atoms with E-state index in [1.165, 1.54) is 7.11 Å². The first-order valence-electron chi connectivity index (χ1n) is 7.02. The maximum Gasteiger partial charge on any atom is 0.307 e. The monoisotopic (exact) mass is 340 g/mol. The van der Waals surface area contributed by atoms with Gasteiger partial charge in [0.25, 0.3) is 0 Å². The lowest BCUT2D eigenvalue weighted by Crippen LogP contribution is -2.18. The Hall–Kier alpha value is -2.12. The van der Waals surface area contributed by atoms with Crippen LogP contribution in [-0.4, -0.2) is 40.2 Å². The van der Waals surface area contributed by atoms with E-state index in [0.29, 0.717) is 13.0 Å². The molecule has 0 fully saturated rings. The van der Waals surface area contributed by atoms with Crippen LogP contribution in [0.2, 0.25) is 0 Å². The predicted octanol–water partition coefficient (Wildman–Crippen LogP) is 1.47. The molecule has 1 heterocycles. The van der Waals surface area contributed by atoms with Crippen molar-refractivity contribution in [3.63, 3.8) is 0 Å². The summed E-state index contributed by atoms with van der Waals surface area (Å²) in [6.07, 6.45) is 2.63. The molecule has 0 bridgehead atoms. The lowest BCUT2D eigenvalue weighted by Gasteiger charge is -2.16. The van der Waals surface area contributed by atoms with Crippen molar-refractivity contribution in [2.75, 3.05) is 14.2 Å². The van der Waals surface area contributed by atoms with Crippen LogP contribution in [0.3, 0.4) is 0 Å². The molecule has 0 unspecified atom stereocenters. The van der Waals surface area contributed by atoms with Crippen molar-refractivity contribution < 1.29 is 14.6 Å². The number of carbonyl (C=O) groups excluding carboxylic acids is 1. The molecule has 0 radical (unpaired) electrons. The second-order valence-electron chi connectivity index (χ2n) is 5.02. The van der Waals surface area contributed by atoms with Crippen LogP contribution in [0.4, 0.5) is 0 Å². The number of nitrogens with zero attached hydrogens (tertiary/aromatic N) is 3. The molecular weight excluding hydrogens is 320 g/mol. The molecule has 7 nitrogen and oxygen atoms in total. The largest absolute Gasteiger partial charge is 0.508 e. The van der Waals surface area contributed by atoms with Gasteiger partial charge in [-0.25, -0.2) is 4.68 Å². The van der Waals surface area contributed by atoms with Crippen molar-refractivity contribution in [1.29, 1.82) is 0 Å². The highest BCUT2D eigenvalue weighted by atomic mass is 35.5. The number of hydrogen-bond acceptors (Lipinski definition) is 6. The number of ether oxygens (including phenoxy) is 1. The van der Waals surface area contributed by atoms with E-state index in [4.69, 9.17) is 4.74 Å². The highest BCUT2D eigenvalue weighted by Gasteiger charge is 2.18. The van der Waals surface area contributed by atoms with E-state index in [1.807, 2.05) is 25.4 Å². The summed E-state index contributed by atoms with van der Waals surface area (Å²) in [5.41, 5.74) is 1.81. The Morgan fingerprint density at radius 3 is 2.70 bits per heavy atom. The first-order valence-corrected chi connectivity index (χ1v) is 7.02. The summed E-state index contributed by atoms with van der Waals surface area (Å²) in [4.78, 5) is 11.6. The Labute approximate surface area is 141 Å². The van der Waals surface area contributed by atoms with Crippen LogP contribution in [0.5, 0.6) is 5.75 Å². The van der Waals surface area contributed by atoms with Crippen molar-refractivity contribution in [3.05, 3.63) is 41.7 Å². The van der Waals surface area contributed by atoms with Crippen LogP contribution >= 0.6 is 12.4 Å². The number of carbonyl (C=O) groups is 1. The average molecular weight is 341 g/mol. The third kappa shape index (κ3) is 5.54. The SMILES string of the molecule is CNCc1cn([C@H](CC(=O)OC)Cc2ccc(O)cc2)nn1.Cl. The van der Waals surface area contributed by atoms with Gasteiger partial charge in [0.1, 0.15) is 5.75 Å². The third-order valence-electron chi connectivity index (χ3n) is 3.33. The van der Waals surface area contributed by atoms with Crippen LogP contribution in [0, 0.1) is 0 Å². The molecule has 1 atom stereocenters. The molecule has 1 aromatic carbocycles. The Kier molecular flexibility index (Phi) is 7.50. The number of rotatable bonds is 7. The van der Waals surface area contributed by atoms with Crippen molar-refractivity contribution in [2.24, 2.45) is 0 Å². The lowest BCUT2D eigenvalue weighted by atomic mass is 10.0. The van der Waals surface area contributed by atoms with Gasteiger partial charge in [-0.3, -0.25) is 4.79 Å². The summed E-state index contributed by atoms with van der Waals surface area (Å²) in [5.74, 6) is -0.0835. The van der Waals surface area contributed by atoms with Crippen LogP contribution in [0.25, 0.3) is 0 Å². The van der Waals surface area contributed by atoms with E-state index in [2.05, 4.69) is 15.6 Å². The van der Waals surface area contributed by atoms with Gasteiger partial charge < -0.3 is 15.2 Å². The Bertz CT molecular complexity index is 615. The topological polar surface area (TPSA) is 89.3 Å². The normalized spacial score (nSPS) is 11.6. The fourth-order valence-corrected chi connectivity index (χ4v) is 2.19. The molecule has 0 saturated carbocycles. The molecule has 0 saturated heterocycles. The van der Waals surface area contributed by atoms with E-state index in [0.717, 1.165) is 11.3 Å². The van der Waals surface area contributed by atoms with Crippen molar-refractivity contribution in [2.45, 2.75) is 25.4 Å². The summed E-state index contributed by atoms with van der Waals surface area (Å²) in [6.45, 7) is 0.615. The zero-order valence-corrected chi connectivity index (χ0v) is 13.9. The standard InChI is InChI=1S/C15H20N4O3.ClH/c1-16-9-12-10-19(18-17-12)13(8-15(21)22-2)7-11-3-5-14(20)6-4-11;/h3-6,10,13,16,20H,7-9H2,1-2H3;1H/t13-;/m0./s1. The third-order valence-corrected chi connectivity index (χ3v) is 3.33. The maximum absolute atomic E-state index is 11.6. The van der Waals surface area contributed by atoms with Gasteiger partial charge in [-0.2, -0.15) is 0 Å². The molecule has 0 spiro atoms. The van der Waals surface area contributed by atoms with Crippen LogP contribution in [-0.2, 0) is 22.5 Å². The second kappa shape index (κ2) is 9.12. The minimum atomic E-state index is -0.297. The number of hydrogen-bond donors (Lipinski definition) is 2. The smallest absolute Gasteiger partial charge is 0.307 e. The molecular formula is C15H21ClN4O3. The quantitative estimate of drug-likeness (QED) is 0.742. The zero-order valence-electron chi connectivity index (χ0n) is 13.1. The molecule has 2 N–H and O–H groups in total. The number of phenolic OH excluding ortho intramolecular Hbond substituents is 1. The number of nitrogens with one attached hydrogen (secondary N) is 1. The molecule has 23 heavy (non-hydrogen) atoms. The second-order valence-corrected chi connectivity index (χ2v) is 5.02. The first-order chi connectivity index (χ1) is 10.6. The van der Waals surface area contributed by atoms with Crippen molar-refractivity contribution >= 4 is 18.4 Å². The number of aromatic nitrogens is 3. The van der Waals surface area contributed by atoms with Crippen LogP contribution < -0.4 is 5.32 Å². The van der Waals surface area contributed by atoms with Gasteiger partial charge in [0.15, 0.2) is 0 Å². The first kappa shape index (κ1) is 18.9. The van der Waals surface area contributed by atoms with Gasteiger partial charge in [-0.05, 0) is 31.2 Å². The van der Waals surface area contributed by atoms with E-state index >= 15 is 0 Å². The fourth-order valence-electron chi connectivity index (χ4n) is 2.19. The molecule has 0 aliphatic heterocycles. The fraction of sp³-hybridized carbons (Fsp3) is 0.400. The molecule has 0 amide bonds. The van der Waals surface area contributed by atoms with Crippen molar-refractivity contribution in [3.8, 4) is 5.75 Å². The minimum absolute atomic E-state index is 0. The summed E-state index contributed by atoms with van der Waals surface area (Å²) in [7, 11) is 3.20. The zero-order chi connectivity index (χ0) is 15.9. The molecule has 126 valence electrons. The predicted molar refractivity (Wildman–Crippen MR) is 87.5 cm³/mol.